The van der Waals surface area contributed by atoms with Crippen molar-refractivity contribution >= 4 is 34.6 Å². The molecule has 4 bridgehead atoms. The molecule has 1 aromatic heterocycles. The second-order valence-electron chi connectivity index (χ2n) is 13.0. The first-order valence-corrected chi connectivity index (χ1v) is 15.1. The second-order valence-corrected chi connectivity index (χ2v) is 13.0. The summed E-state index contributed by atoms with van der Waals surface area (Å²) in [5, 5.41) is 16.4. The van der Waals surface area contributed by atoms with E-state index in [1.807, 2.05) is 42.6 Å². The Labute approximate surface area is 245 Å². The molecule has 9 nitrogen and oxygen atoms in total. The van der Waals surface area contributed by atoms with Crippen LogP contribution < -0.4 is 16.4 Å². The number of anilines is 1. The van der Waals surface area contributed by atoms with Crippen molar-refractivity contribution in [2.24, 2.45) is 23.7 Å². The number of aliphatic carboxylic acids is 1. The van der Waals surface area contributed by atoms with Gasteiger partial charge < -0.3 is 31.2 Å². The quantitative estimate of drug-likeness (QED) is 0.221. The van der Waals surface area contributed by atoms with Crippen LogP contribution in [0.1, 0.15) is 56.6 Å². The summed E-state index contributed by atoms with van der Waals surface area (Å²) in [4.78, 5) is 42.5. The third-order valence-corrected chi connectivity index (χ3v) is 9.70. The minimum atomic E-state index is -1.40. The Morgan fingerprint density at radius 1 is 1.02 bits per heavy atom. The monoisotopic (exact) mass is 572 g/mol. The molecule has 4 aliphatic carbocycles. The van der Waals surface area contributed by atoms with Gasteiger partial charge in [0.25, 0.3) is 0 Å². The van der Waals surface area contributed by atoms with E-state index in [4.69, 9.17) is 10.5 Å². The number of nitrogens with one attached hydrogen (secondary N) is 3. The number of aromatic nitrogens is 1. The molecule has 42 heavy (non-hydrogen) atoms. The maximum Gasteiger partial charge on any atom is 0.408 e. The molecule has 3 aromatic rings. The van der Waals surface area contributed by atoms with Gasteiger partial charge in [0.15, 0.2) is 0 Å². The number of hydrogen-bond donors (Lipinski definition) is 5. The van der Waals surface area contributed by atoms with Crippen molar-refractivity contribution in [2.45, 2.75) is 76.0 Å². The highest BCUT2D eigenvalue weighted by atomic mass is 16.6. The summed E-state index contributed by atoms with van der Waals surface area (Å²) < 4.78 is 6.11. The molecule has 0 unspecified atom stereocenters. The fourth-order valence-corrected chi connectivity index (χ4v) is 7.95. The van der Waals surface area contributed by atoms with E-state index in [1.54, 1.807) is 19.1 Å². The van der Waals surface area contributed by atoms with E-state index in [0.29, 0.717) is 23.9 Å². The summed E-state index contributed by atoms with van der Waals surface area (Å²) in [7, 11) is 0. The Kier molecular flexibility index (Phi) is 7.60. The highest BCUT2D eigenvalue weighted by Gasteiger charge is 2.50. The van der Waals surface area contributed by atoms with Crippen LogP contribution in [0.3, 0.4) is 0 Å². The molecule has 2 aromatic carbocycles. The third kappa shape index (κ3) is 5.96. The average Bonchev–Trinajstić information content (AvgIpc) is 3.33. The molecule has 7 rings (SSSR count). The first kappa shape index (κ1) is 28.1. The molecule has 4 aliphatic rings. The Hall–Kier alpha value is -4.01. The van der Waals surface area contributed by atoms with Crippen molar-refractivity contribution in [3.05, 3.63) is 65.9 Å². The molecule has 9 heteroatoms. The summed E-state index contributed by atoms with van der Waals surface area (Å²) >= 11 is 0. The number of benzene rings is 2. The SMILES string of the molecule is C[C@](Cc1c[nH]c2ccccc12)(NC(=O)OC1C2CC3CC(C2)CC1C3)C(=O)N[C@H](CC(=O)O)Cc1ccc(N)cc1. The van der Waals surface area contributed by atoms with Crippen molar-refractivity contribution in [3.63, 3.8) is 0 Å². The zero-order valence-corrected chi connectivity index (χ0v) is 24.0. The lowest BCUT2D eigenvalue weighted by Gasteiger charge is -2.53. The van der Waals surface area contributed by atoms with Crippen LogP contribution in [0.2, 0.25) is 0 Å². The molecule has 2 amide bonds. The van der Waals surface area contributed by atoms with Gasteiger partial charge in [-0.1, -0.05) is 30.3 Å². The van der Waals surface area contributed by atoms with Crippen molar-refractivity contribution < 1.29 is 24.2 Å². The normalized spacial score (nSPS) is 26.4. The predicted octanol–water partition coefficient (Wildman–Crippen LogP) is 4.80. The van der Waals surface area contributed by atoms with Gasteiger partial charge in [0.1, 0.15) is 11.6 Å². The van der Waals surface area contributed by atoms with Crippen LogP contribution >= 0.6 is 0 Å². The summed E-state index contributed by atoms with van der Waals surface area (Å²) in [6, 6.07) is 14.2. The summed E-state index contributed by atoms with van der Waals surface area (Å²) in [6.45, 7) is 1.68. The molecule has 0 saturated heterocycles. The van der Waals surface area contributed by atoms with Gasteiger partial charge in [0.05, 0.1) is 6.42 Å². The minimum Gasteiger partial charge on any atom is -0.481 e. The maximum absolute atomic E-state index is 14.0. The van der Waals surface area contributed by atoms with Gasteiger partial charge in [-0.3, -0.25) is 9.59 Å². The van der Waals surface area contributed by atoms with Crippen LogP contribution in [0, 0.1) is 23.7 Å². The van der Waals surface area contributed by atoms with Crippen molar-refractivity contribution in [2.75, 3.05) is 5.73 Å². The number of fused-ring (bicyclic) bond motifs is 1. The van der Waals surface area contributed by atoms with E-state index < -0.39 is 29.6 Å². The Morgan fingerprint density at radius 2 is 1.69 bits per heavy atom. The van der Waals surface area contributed by atoms with Crippen LogP contribution in [0.25, 0.3) is 10.9 Å². The number of carbonyl (C=O) groups is 3. The summed E-state index contributed by atoms with van der Waals surface area (Å²) in [5.74, 6) is 0.794. The van der Waals surface area contributed by atoms with Crippen molar-refractivity contribution in [1.82, 2.24) is 15.6 Å². The van der Waals surface area contributed by atoms with E-state index in [-0.39, 0.29) is 18.9 Å². The van der Waals surface area contributed by atoms with Crippen LogP contribution in [-0.2, 0) is 27.2 Å². The molecule has 1 heterocycles. The van der Waals surface area contributed by atoms with E-state index in [9.17, 15) is 19.5 Å². The number of rotatable bonds is 10. The van der Waals surface area contributed by atoms with Gasteiger partial charge in [0.2, 0.25) is 5.91 Å². The highest BCUT2D eigenvalue weighted by molar-refractivity contribution is 5.92. The minimum absolute atomic E-state index is 0.122. The number of nitrogens with two attached hydrogens (primary N) is 1. The first-order valence-electron chi connectivity index (χ1n) is 15.1. The topological polar surface area (TPSA) is 147 Å². The molecule has 0 spiro atoms. The molecule has 0 radical (unpaired) electrons. The number of carboxylic acids is 1. The molecule has 222 valence electrons. The Bertz CT molecular complexity index is 1440. The molecular weight excluding hydrogens is 532 g/mol. The number of alkyl carbamates (subject to hydrolysis) is 1. The fraction of sp³-hybridized carbons (Fsp3) is 0.485. The number of aromatic amines is 1. The van der Waals surface area contributed by atoms with Gasteiger partial charge >= 0.3 is 12.1 Å². The summed E-state index contributed by atoms with van der Waals surface area (Å²) in [5.41, 5.74) is 7.67. The zero-order chi connectivity index (χ0) is 29.4. The van der Waals surface area contributed by atoms with Crippen LogP contribution in [-0.4, -0.2) is 45.7 Å². The Morgan fingerprint density at radius 3 is 2.36 bits per heavy atom. The van der Waals surface area contributed by atoms with E-state index in [1.165, 1.54) is 6.42 Å². The number of amides is 2. The Balaban J connectivity index is 1.22. The van der Waals surface area contributed by atoms with Crippen molar-refractivity contribution in [1.29, 1.82) is 0 Å². The van der Waals surface area contributed by atoms with Crippen LogP contribution in [0.15, 0.2) is 54.7 Å². The number of hydrogen-bond acceptors (Lipinski definition) is 5. The number of carbonyl (C=O) groups excluding carboxylic acids is 2. The standard InChI is InChI=1S/C33H40N4O5/c1-33(17-24-18-35-28-5-3-2-4-27(24)28,31(40)36-26(16-29(38)39)15-19-6-8-25(34)9-7-19)37-32(41)42-30-22-11-20-10-21(13-22)14-23(30)12-20/h2-9,18,20-23,26,30,35H,10-17,34H2,1H3,(H,36,40)(H,37,41)(H,38,39)/t20?,21?,22?,23?,26-,30?,33+/m0/s1. The second kappa shape index (κ2) is 11.3. The van der Waals surface area contributed by atoms with Gasteiger partial charge in [0, 0.05) is 35.2 Å². The maximum atomic E-state index is 14.0. The van der Waals surface area contributed by atoms with Gasteiger partial charge in [-0.2, -0.15) is 0 Å². The number of ether oxygens (including phenoxy) is 1. The number of para-hydroxylation sites is 1. The van der Waals surface area contributed by atoms with Crippen LogP contribution in [0.5, 0.6) is 0 Å². The fourth-order valence-electron chi connectivity index (χ4n) is 7.95. The number of H-pyrrole nitrogens is 1. The van der Waals surface area contributed by atoms with Gasteiger partial charge in [-0.25, -0.2) is 4.79 Å². The van der Waals surface area contributed by atoms with Crippen LogP contribution in [0.4, 0.5) is 10.5 Å². The lowest BCUT2D eigenvalue weighted by Crippen LogP contribution is -2.61. The molecule has 4 saturated carbocycles. The van der Waals surface area contributed by atoms with Gasteiger partial charge in [-0.15, -0.1) is 0 Å². The third-order valence-electron chi connectivity index (χ3n) is 9.70. The number of carboxylic acid groups (broad SMARTS) is 1. The molecule has 6 N–H and O–H groups in total. The molecule has 4 fully saturated rings. The largest absolute Gasteiger partial charge is 0.481 e. The molecular formula is C33H40N4O5. The van der Waals surface area contributed by atoms with E-state index in [0.717, 1.165) is 59.5 Å². The van der Waals surface area contributed by atoms with E-state index in [2.05, 4.69) is 15.6 Å². The molecule has 0 aliphatic heterocycles. The predicted molar refractivity (Wildman–Crippen MR) is 160 cm³/mol. The lowest BCUT2D eigenvalue weighted by molar-refractivity contribution is -0.138. The average molecular weight is 573 g/mol. The zero-order valence-electron chi connectivity index (χ0n) is 24.0. The summed E-state index contributed by atoms with van der Waals surface area (Å²) in [6.07, 6.45) is 7.12. The highest BCUT2D eigenvalue weighted by Crippen LogP contribution is 2.54. The first-order chi connectivity index (χ1) is 20.1. The molecule has 2 atom stereocenters. The lowest BCUT2D eigenvalue weighted by atomic mass is 9.55. The number of nitrogen functional groups attached to an aromatic ring is 1. The van der Waals surface area contributed by atoms with Crippen molar-refractivity contribution in [3.8, 4) is 0 Å². The van der Waals surface area contributed by atoms with E-state index >= 15 is 0 Å². The smallest absolute Gasteiger partial charge is 0.408 e. The van der Waals surface area contributed by atoms with Gasteiger partial charge in [-0.05, 0) is 98.4 Å².